The Morgan fingerprint density at radius 2 is 1.91 bits per heavy atom. The Morgan fingerprint density at radius 3 is 2.54 bits per heavy atom. The molecule has 1 aromatic rings. The lowest BCUT2D eigenvalue weighted by atomic mass is 9.73. The molecule has 0 aromatic carbocycles. The summed E-state index contributed by atoms with van der Waals surface area (Å²) >= 11 is 1.58. The van der Waals surface area contributed by atoms with Crippen molar-refractivity contribution in [1.29, 1.82) is 0 Å². The highest BCUT2D eigenvalue weighted by molar-refractivity contribution is 7.09. The number of hydrogen-bond donors (Lipinski definition) is 2. The van der Waals surface area contributed by atoms with Gasteiger partial charge in [-0.3, -0.25) is 9.59 Å². The molecule has 0 bridgehead atoms. The van der Waals surface area contributed by atoms with Gasteiger partial charge < -0.3 is 14.9 Å². The van der Waals surface area contributed by atoms with Gasteiger partial charge in [0.15, 0.2) is 0 Å². The minimum atomic E-state index is -1.20. The van der Waals surface area contributed by atoms with Gasteiger partial charge in [0.1, 0.15) is 11.9 Å². The first-order chi connectivity index (χ1) is 16.2. The predicted octanol–water partition coefficient (Wildman–Crippen LogP) is 5.35. The van der Waals surface area contributed by atoms with Gasteiger partial charge in [-0.05, 0) is 68.4 Å². The van der Waals surface area contributed by atoms with Crippen LogP contribution in [0.3, 0.4) is 0 Å². The molecule has 196 valence electrons. The Hall–Kier alpha value is -1.57. The minimum Gasteiger partial charge on any atom is -0.458 e. The first-order valence-electron chi connectivity index (χ1n) is 12.9. The Balaban J connectivity index is 1.85. The average molecular weight is 506 g/mol. The van der Waals surface area contributed by atoms with Gasteiger partial charge in [-0.2, -0.15) is 0 Å². The van der Waals surface area contributed by atoms with Crippen LogP contribution in [-0.2, 0) is 14.3 Å². The summed E-state index contributed by atoms with van der Waals surface area (Å²) in [5.74, 6) is -0.926. The van der Waals surface area contributed by atoms with Crippen LogP contribution < -0.4 is 0 Å². The molecule has 1 aromatic heterocycles. The molecule has 2 aliphatic rings. The molecule has 0 unspecified atom stereocenters. The normalized spacial score (nSPS) is 37.5. The van der Waals surface area contributed by atoms with E-state index in [0.717, 1.165) is 48.4 Å². The molecule has 1 saturated heterocycles. The molecule has 2 fully saturated rings. The van der Waals surface area contributed by atoms with E-state index in [2.05, 4.69) is 11.9 Å². The van der Waals surface area contributed by atoms with Crippen LogP contribution in [0.15, 0.2) is 11.0 Å². The molecule has 1 aliphatic carbocycles. The zero-order valence-electron chi connectivity index (χ0n) is 22.3. The van der Waals surface area contributed by atoms with Crippen molar-refractivity contribution in [2.45, 2.75) is 105 Å². The standard InChI is InChI=1S/C28H43NO5S/c1-16-9-8-10-28(7)14-20(28)12-22(17(2)11-21-15-35-19(4)29-21)34-24(31)13-23(30)27(5,6)26(33)18(3)25(16)32/h11,15-16,18,20,22-23,25,30,32H,8-10,12-14H2,1-7H3/t16-,18+,20+,22-,23-,25-,28-/m0/s1. The fourth-order valence-electron chi connectivity index (χ4n) is 5.55. The Labute approximate surface area is 214 Å². The summed E-state index contributed by atoms with van der Waals surface area (Å²) in [6.07, 6.45) is 4.06. The zero-order valence-corrected chi connectivity index (χ0v) is 23.2. The van der Waals surface area contributed by atoms with Crippen molar-refractivity contribution in [1.82, 2.24) is 4.98 Å². The molecule has 6 nitrogen and oxygen atoms in total. The molecule has 3 rings (SSSR count). The second-order valence-electron chi connectivity index (χ2n) is 11.9. The summed E-state index contributed by atoms with van der Waals surface area (Å²) in [6.45, 7) is 13.2. The van der Waals surface area contributed by atoms with Crippen LogP contribution in [0, 0.1) is 35.5 Å². The molecular formula is C28H43NO5S. The maximum Gasteiger partial charge on any atom is 0.309 e. The van der Waals surface area contributed by atoms with Crippen molar-refractivity contribution in [3.05, 3.63) is 21.7 Å². The first kappa shape index (κ1) is 28.0. The van der Waals surface area contributed by atoms with Crippen molar-refractivity contribution < 1.29 is 24.5 Å². The number of aliphatic hydroxyl groups excluding tert-OH is 2. The molecule has 35 heavy (non-hydrogen) atoms. The highest BCUT2D eigenvalue weighted by atomic mass is 32.1. The number of aromatic nitrogens is 1. The van der Waals surface area contributed by atoms with E-state index in [-0.39, 0.29) is 23.5 Å². The molecule has 0 spiro atoms. The number of esters is 1. The SMILES string of the molecule is CC(=Cc1csc(C)n1)[C@@H]1C[C@@H]2C[C@]2(C)CCC[C@H](C)[C@H](O)[C@@H](C)C(=O)C(C)(C)[C@@H](O)CC(=O)O1. The number of aryl methyl sites for hydroxylation is 1. The summed E-state index contributed by atoms with van der Waals surface area (Å²) in [7, 11) is 0. The van der Waals surface area contributed by atoms with Crippen molar-refractivity contribution in [2.75, 3.05) is 0 Å². The predicted molar refractivity (Wildman–Crippen MR) is 139 cm³/mol. The third kappa shape index (κ3) is 6.60. The van der Waals surface area contributed by atoms with E-state index in [0.29, 0.717) is 5.92 Å². The largest absolute Gasteiger partial charge is 0.458 e. The lowest BCUT2D eigenvalue weighted by molar-refractivity contribution is -0.154. The smallest absolute Gasteiger partial charge is 0.309 e. The van der Waals surface area contributed by atoms with E-state index in [4.69, 9.17) is 4.74 Å². The highest BCUT2D eigenvalue weighted by Gasteiger charge is 2.50. The second-order valence-corrected chi connectivity index (χ2v) is 13.0. The van der Waals surface area contributed by atoms with E-state index in [1.807, 2.05) is 32.2 Å². The van der Waals surface area contributed by atoms with Crippen LogP contribution in [-0.4, -0.2) is 45.3 Å². The zero-order chi connectivity index (χ0) is 26.1. The fraction of sp³-hybridized carbons (Fsp3) is 0.750. The number of carbonyl (C=O) groups excluding carboxylic acids is 2. The molecule has 7 heteroatoms. The number of ether oxygens (including phenoxy) is 1. The minimum absolute atomic E-state index is 0.0138. The average Bonchev–Trinajstić information content (AvgIpc) is 3.22. The number of fused-ring (bicyclic) bond motifs is 1. The van der Waals surface area contributed by atoms with E-state index < -0.39 is 35.6 Å². The topological polar surface area (TPSA) is 96.7 Å². The van der Waals surface area contributed by atoms with Crippen LogP contribution in [0.5, 0.6) is 0 Å². The molecule has 1 saturated carbocycles. The highest BCUT2D eigenvalue weighted by Crippen LogP contribution is 2.58. The number of hydrogen-bond acceptors (Lipinski definition) is 7. The molecule has 1 aliphatic heterocycles. The van der Waals surface area contributed by atoms with Gasteiger partial charge >= 0.3 is 5.97 Å². The number of cyclic esters (lactones) is 1. The van der Waals surface area contributed by atoms with Crippen molar-refractivity contribution >= 4 is 29.2 Å². The van der Waals surface area contributed by atoms with Crippen LogP contribution >= 0.6 is 11.3 Å². The van der Waals surface area contributed by atoms with Crippen LogP contribution in [0.1, 0.15) is 90.8 Å². The maximum atomic E-state index is 13.2. The molecular weight excluding hydrogens is 462 g/mol. The lowest BCUT2D eigenvalue weighted by Gasteiger charge is -2.34. The van der Waals surface area contributed by atoms with Gasteiger partial charge in [-0.15, -0.1) is 11.3 Å². The van der Waals surface area contributed by atoms with E-state index in [1.54, 1.807) is 32.1 Å². The second kappa shape index (κ2) is 10.8. The summed E-state index contributed by atoms with van der Waals surface area (Å²) in [6, 6.07) is 0. The van der Waals surface area contributed by atoms with Gasteiger partial charge in [-0.25, -0.2) is 4.98 Å². The van der Waals surface area contributed by atoms with Crippen molar-refractivity contribution in [3.8, 4) is 0 Å². The Bertz CT molecular complexity index is 953. The number of thiazole rings is 1. The third-order valence-electron chi connectivity index (χ3n) is 8.58. The molecule has 7 atom stereocenters. The monoisotopic (exact) mass is 505 g/mol. The van der Waals surface area contributed by atoms with E-state index in [1.165, 1.54) is 0 Å². The number of nitrogens with zero attached hydrogens (tertiary/aromatic N) is 1. The van der Waals surface area contributed by atoms with Gasteiger partial charge in [0, 0.05) is 11.3 Å². The van der Waals surface area contributed by atoms with Crippen LogP contribution in [0.4, 0.5) is 0 Å². The number of carbonyl (C=O) groups is 2. The third-order valence-corrected chi connectivity index (χ3v) is 9.37. The number of rotatable bonds is 2. The van der Waals surface area contributed by atoms with Gasteiger partial charge in [0.2, 0.25) is 0 Å². The van der Waals surface area contributed by atoms with E-state index in [9.17, 15) is 19.8 Å². The quantitative estimate of drug-likeness (QED) is 0.526. The van der Waals surface area contributed by atoms with Crippen LogP contribution in [0.25, 0.3) is 6.08 Å². The molecule has 0 radical (unpaired) electrons. The number of aliphatic hydroxyl groups is 2. The summed E-state index contributed by atoms with van der Waals surface area (Å²) in [4.78, 5) is 30.7. The van der Waals surface area contributed by atoms with Crippen molar-refractivity contribution in [3.63, 3.8) is 0 Å². The van der Waals surface area contributed by atoms with Crippen LogP contribution in [0.2, 0.25) is 0 Å². The van der Waals surface area contributed by atoms with Gasteiger partial charge in [-0.1, -0.05) is 41.0 Å². The fourth-order valence-corrected chi connectivity index (χ4v) is 6.12. The van der Waals surface area contributed by atoms with E-state index >= 15 is 0 Å². The summed E-state index contributed by atoms with van der Waals surface area (Å²) < 4.78 is 5.95. The Kier molecular flexibility index (Phi) is 8.65. The number of Topliss-reactive ketones (excluding diaryl/α,β-unsaturated/α-hetero) is 1. The number of ketones is 1. The van der Waals surface area contributed by atoms with Gasteiger partial charge in [0.05, 0.1) is 34.7 Å². The molecule has 0 amide bonds. The lowest BCUT2D eigenvalue weighted by Crippen LogP contribution is -2.45. The summed E-state index contributed by atoms with van der Waals surface area (Å²) in [5.41, 5.74) is 0.825. The van der Waals surface area contributed by atoms with Crippen molar-refractivity contribution in [2.24, 2.45) is 28.6 Å². The maximum absolute atomic E-state index is 13.2. The molecule has 2 N–H and O–H groups in total. The Morgan fingerprint density at radius 1 is 1.23 bits per heavy atom. The first-order valence-corrected chi connectivity index (χ1v) is 13.8. The van der Waals surface area contributed by atoms with Gasteiger partial charge in [0.25, 0.3) is 0 Å². The molecule has 2 heterocycles. The summed E-state index contributed by atoms with van der Waals surface area (Å²) in [5, 5.41) is 24.7.